The normalized spacial score (nSPS) is 11.0. The van der Waals surface area contributed by atoms with Crippen LogP contribution in [0.15, 0.2) is 22.7 Å². The Morgan fingerprint density at radius 2 is 2.19 bits per heavy atom. The highest BCUT2D eigenvalue weighted by Gasteiger charge is 2.03. The smallest absolute Gasteiger partial charge is 0.129 e. The fraction of sp³-hybridized carbons (Fsp3) is 0.500. The lowest BCUT2D eigenvalue weighted by molar-refractivity contribution is 0.178. The lowest BCUT2D eigenvalue weighted by Gasteiger charge is -2.16. The maximum atomic E-state index is 9.37. The average molecular weight is 288 g/mol. The van der Waals surface area contributed by atoms with Gasteiger partial charge >= 0.3 is 0 Å². The number of phenols is 1. The Bertz CT molecular complexity index is 331. The van der Waals surface area contributed by atoms with Crippen molar-refractivity contribution in [3.05, 3.63) is 28.2 Å². The van der Waals surface area contributed by atoms with E-state index >= 15 is 0 Å². The van der Waals surface area contributed by atoms with Gasteiger partial charge in [0.2, 0.25) is 0 Å². The summed E-state index contributed by atoms with van der Waals surface area (Å²) < 4.78 is 5.76. The molecule has 0 saturated heterocycles. The summed E-state index contributed by atoms with van der Waals surface area (Å²) in [7, 11) is 3.80. The van der Waals surface area contributed by atoms with Crippen molar-refractivity contribution in [2.75, 3.05) is 27.3 Å². The van der Waals surface area contributed by atoms with Crippen molar-refractivity contribution >= 4 is 15.9 Å². The number of phenolic OH excluding ortho intramolecular Hbond substituents is 1. The Hall–Kier alpha value is -0.580. The number of nitrogens with zero attached hydrogens (tertiary/aromatic N) is 1. The Labute approximate surface area is 105 Å². The van der Waals surface area contributed by atoms with Gasteiger partial charge in [0.05, 0.1) is 4.47 Å². The van der Waals surface area contributed by atoms with Crippen LogP contribution in [0.4, 0.5) is 0 Å². The third-order valence-corrected chi connectivity index (χ3v) is 2.99. The van der Waals surface area contributed by atoms with Crippen LogP contribution in [-0.2, 0) is 11.3 Å². The van der Waals surface area contributed by atoms with E-state index in [1.54, 1.807) is 13.2 Å². The molecule has 1 rings (SSSR count). The van der Waals surface area contributed by atoms with E-state index < -0.39 is 0 Å². The molecular formula is C12H18BrNO2. The zero-order valence-corrected chi connectivity index (χ0v) is 11.3. The van der Waals surface area contributed by atoms with Gasteiger partial charge in [-0.05, 0) is 47.1 Å². The number of methoxy groups -OCH3 is 1. The van der Waals surface area contributed by atoms with Crippen LogP contribution in [0.2, 0.25) is 0 Å². The second kappa shape index (κ2) is 6.89. The minimum atomic E-state index is 0.283. The molecule has 4 heteroatoms. The van der Waals surface area contributed by atoms with Crippen molar-refractivity contribution in [2.24, 2.45) is 0 Å². The maximum absolute atomic E-state index is 9.37. The lowest BCUT2D eigenvalue weighted by Crippen LogP contribution is -2.20. The Morgan fingerprint density at radius 1 is 1.44 bits per heavy atom. The molecule has 0 bridgehead atoms. The molecule has 0 radical (unpaired) electrons. The summed E-state index contributed by atoms with van der Waals surface area (Å²) in [6.45, 7) is 2.68. The molecular weight excluding hydrogens is 270 g/mol. The zero-order chi connectivity index (χ0) is 12.0. The first-order valence-corrected chi connectivity index (χ1v) is 6.07. The van der Waals surface area contributed by atoms with Gasteiger partial charge in [-0.2, -0.15) is 0 Å². The Balaban J connectivity index is 2.43. The number of hydrogen-bond donors (Lipinski definition) is 1. The van der Waals surface area contributed by atoms with Crippen LogP contribution < -0.4 is 0 Å². The molecule has 0 amide bonds. The van der Waals surface area contributed by atoms with Gasteiger partial charge in [0.25, 0.3) is 0 Å². The van der Waals surface area contributed by atoms with Gasteiger partial charge in [0.1, 0.15) is 5.75 Å². The van der Waals surface area contributed by atoms with Crippen LogP contribution in [-0.4, -0.2) is 37.3 Å². The van der Waals surface area contributed by atoms with Crippen LogP contribution in [0.25, 0.3) is 0 Å². The van der Waals surface area contributed by atoms with Crippen LogP contribution in [0.1, 0.15) is 12.0 Å². The second-order valence-electron chi connectivity index (χ2n) is 3.87. The molecule has 0 aliphatic heterocycles. The molecule has 0 fully saturated rings. The summed E-state index contributed by atoms with van der Waals surface area (Å²) >= 11 is 3.31. The summed E-state index contributed by atoms with van der Waals surface area (Å²) in [5.41, 5.74) is 1.18. The molecule has 0 aliphatic carbocycles. The maximum Gasteiger partial charge on any atom is 0.129 e. The molecule has 0 heterocycles. The molecule has 1 N–H and O–H groups in total. The van der Waals surface area contributed by atoms with Crippen LogP contribution in [0, 0.1) is 0 Å². The standard InChI is InChI=1S/C12H18BrNO2/c1-14(6-3-7-16-2)9-10-4-5-12(15)11(13)8-10/h4-5,8,15H,3,6-7,9H2,1-2H3. The van der Waals surface area contributed by atoms with Crippen molar-refractivity contribution in [3.63, 3.8) is 0 Å². The van der Waals surface area contributed by atoms with E-state index in [2.05, 4.69) is 27.9 Å². The first-order valence-electron chi connectivity index (χ1n) is 5.28. The topological polar surface area (TPSA) is 32.7 Å². The van der Waals surface area contributed by atoms with Gasteiger partial charge in [-0.3, -0.25) is 0 Å². The SMILES string of the molecule is COCCCN(C)Cc1ccc(O)c(Br)c1. The van der Waals surface area contributed by atoms with Gasteiger partial charge in [-0.1, -0.05) is 6.07 Å². The van der Waals surface area contributed by atoms with Crippen molar-refractivity contribution in [1.82, 2.24) is 4.90 Å². The molecule has 90 valence electrons. The predicted octanol–water partition coefficient (Wildman–Crippen LogP) is 2.62. The summed E-state index contributed by atoms with van der Waals surface area (Å²) in [4.78, 5) is 2.23. The van der Waals surface area contributed by atoms with Crippen molar-refractivity contribution < 1.29 is 9.84 Å². The minimum absolute atomic E-state index is 0.283. The number of benzene rings is 1. The van der Waals surface area contributed by atoms with Crippen molar-refractivity contribution in [3.8, 4) is 5.75 Å². The Morgan fingerprint density at radius 3 is 2.81 bits per heavy atom. The largest absolute Gasteiger partial charge is 0.507 e. The highest BCUT2D eigenvalue weighted by Crippen LogP contribution is 2.24. The average Bonchev–Trinajstić information content (AvgIpc) is 2.24. The molecule has 0 unspecified atom stereocenters. The van der Waals surface area contributed by atoms with Gasteiger partial charge in [0.15, 0.2) is 0 Å². The van der Waals surface area contributed by atoms with Crippen LogP contribution in [0.3, 0.4) is 0 Å². The number of aromatic hydroxyl groups is 1. The van der Waals surface area contributed by atoms with E-state index in [0.29, 0.717) is 0 Å². The number of rotatable bonds is 6. The van der Waals surface area contributed by atoms with Crippen molar-refractivity contribution in [2.45, 2.75) is 13.0 Å². The number of halogens is 1. The molecule has 0 aromatic heterocycles. The van der Waals surface area contributed by atoms with E-state index in [4.69, 9.17) is 4.74 Å². The third kappa shape index (κ3) is 4.51. The zero-order valence-electron chi connectivity index (χ0n) is 9.74. The number of hydrogen-bond acceptors (Lipinski definition) is 3. The molecule has 0 saturated carbocycles. The third-order valence-electron chi connectivity index (χ3n) is 2.35. The van der Waals surface area contributed by atoms with E-state index in [9.17, 15) is 5.11 Å². The molecule has 3 nitrogen and oxygen atoms in total. The monoisotopic (exact) mass is 287 g/mol. The fourth-order valence-electron chi connectivity index (χ4n) is 1.52. The summed E-state index contributed by atoms with van der Waals surface area (Å²) in [5, 5.41) is 9.37. The van der Waals surface area contributed by atoms with Crippen LogP contribution >= 0.6 is 15.9 Å². The summed E-state index contributed by atoms with van der Waals surface area (Å²) in [6.07, 6.45) is 1.03. The van der Waals surface area contributed by atoms with E-state index in [0.717, 1.165) is 30.6 Å². The van der Waals surface area contributed by atoms with E-state index in [1.807, 2.05) is 12.1 Å². The fourth-order valence-corrected chi connectivity index (χ4v) is 1.94. The quantitative estimate of drug-likeness (QED) is 0.817. The minimum Gasteiger partial charge on any atom is -0.507 e. The predicted molar refractivity (Wildman–Crippen MR) is 68.6 cm³/mol. The molecule has 1 aromatic rings. The highest BCUT2D eigenvalue weighted by atomic mass is 79.9. The van der Waals surface area contributed by atoms with Gasteiger partial charge in [-0.25, -0.2) is 0 Å². The summed E-state index contributed by atoms with van der Waals surface area (Å²) in [5.74, 6) is 0.283. The lowest BCUT2D eigenvalue weighted by atomic mass is 10.2. The molecule has 0 spiro atoms. The number of ether oxygens (including phenoxy) is 1. The van der Waals surface area contributed by atoms with Gasteiger partial charge in [0, 0.05) is 26.8 Å². The molecule has 0 atom stereocenters. The van der Waals surface area contributed by atoms with E-state index in [-0.39, 0.29) is 5.75 Å². The van der Waals surface area contributed by atoms with Gasteiger partial charge in [-0.15, -0.1) is 0 Å². The van der Waals surface area contributed by atoms with Crippen molar-refractivity contribution in [1.29, 1.82) is 0 Å². The first-order chi connectivity index (χ1) is 7.63. The van der Waals surface area contributed by atoms with Crippen LogP contribution in [0.5, 0.6) is 5.75 Å². The van der Waals surface area contributed by atoms with Gasteiger partial charge < -0.3 is 14.7 Å². The second-order valence-corrected chi connectivity index (χ2v) is 4.72. The van der Waals surface area contributed by atoms with E-state index in [1.165, 1.54) is 5.56 Å². The highest BCUT2D eigenvalue weighted by molar-refractivity contribution is 9.10. The molecule has 1 aromatic carbocycles. The summed E-state index contributed by atoms with van der Waals surface area (Å²) in [6, 6.07) is 5.59. The molecule has 16 heavy (non-hydrogen) atoms. The molecule has 0 aliphatic rings. The first kappa shape index (κ1) is 13.5. The Kier molecular flexibility index (Phi) is 5.80.